The minimum Gasteiger partial charge on any atom is -0.411 e. The van der Waals surface area contributed by atoms with Crippen molar-refractivity contribution in [3.63, 3.8) is 0 Å². The highest BCUT2D eigenvalue weighted by Crippen LogP contribution is 2.13. The smallest absolute Gasteiger partial charge is 0.0706 e. The SMILES string of the molecule is C/C(=N\O)[C@@H](C)NCC(C)(C)CN[C@H](C)/C(C)=N/O.C/C(=N\O)[C@H](C)NCC(C)(C)CN[C@@H](C)/C(C)=N/O. The summed E-state index contributed by atoms with van der Waals surface area (Å²) >= 11 is 0. The van der Waals surface area contributed by atoms with Crippen LogP contribution in [0, 0.1) is 10.8 Å². The highest BCUT2D eigenvalue weighted by Gasteiger charge is 2.22. The molecule has 0 amide bonds. The van der Waals surface area contributed by atoms with Crippen LogP contribution in [0.25, 0.3) is 0 Å². The first-order valence-electron chi connectivity index (χ1n) is 13.1. The van der Waals surface area contributed by atoms with Crippen molar-refractivity contribution in [2.45, 2.75) is 107 Å². The molecule has 8 N–H and O–H groups in total. The summed E-state index contributed by atoms with van der Waals surface area (Å²) in [5.74, 6) is 0. The summed E-state index contributed by atoms with van der Waals surface area (Å²) in [4.78, 5) is 0. The minimum atomic E-state index is 0.0357. The molecule has 0 rings (SSSR count). The van der Waals surface area contributed by atoms with Crippen LogP contribution in [-0.2, 0) is 0 Å². The first kappa shape index (κ1) is 37.9. The number of nitrogens with one attached hydrogen (secondary N) is 4. The second-order valence-electron chi connectivity index (χ2n) is 11.7. The van der Waals surface area contributed by atoms with Gasteiger partial charge < -0.3 is 42.1 Å². The summed E-state index contributed by atoms with van der Waals surface area (Å²) in [6, 6.07) is 0.176. The third-order valence-corrected chi connectivity index (χ3v) is 6.68. The number of hydrogen-bond donors (Lipinski definition) is 8. The van der Waals surface area contributed by atoms with Gasteiger partial charge >= 0.3 is 0 Å². The highest BCUT2D eigenvalue weighted by atomic mass is 16.4. The van der Waals surface area contributed by atoms with Crippen molar-refractivity contribution in [2.24, 2.45) is 31.5 Å². The first-order valence-corrected chi connectivity index (χ1v) is 13.1. The maximum absolute atomic E-state index is 8.70. The predicted octanol–water partition coefficient (Wildman–Crippen LogP) is 3.34. The molecule has 0 heterocycles. The van der Waals surface area contributed by atoms with Gasteiger partial charge in [0.1, 0.15) is 0 Å². The summed E-state index contributed by atoms with van der Waals surface area (Å²) in [5.41, 5.74) is 2.74. The van der Waals surface area contributed by atoms with Crippen LogP contribution in [0.1, 0.15) is 83.1 Å². The second-order valence-corrected chi connectivity index (χ2v) is 11.7. The van der Waals surface area contributed by atoms with E-state index in [-0.39, 0.29) is 35.0 Å². The summed E-state index contributed by atoms with van der Waals surface area (Å²) < 4.78 is 0. The van der Waals surface area contributed by atoms with Crippen molar-refractivity contribution in [3.05, 3.63) is 0 Å². The lowest BCUT2D eigenvalue weighted by atomic mass is 9.92. The zero-order chi connectivity index (χ0) is 30.1. The molecule has 0 aliphatic carbocycles. The van der Waals surface area contributed by atoms with Crippen LogP contribution in [0.3, 0.4) is 0 Å². The monoisotopic (exact) mass is 544 g/mol. The lowest BCUT2D eigenvalue weighted by Crippen LogP contribution is -2.46. The van der Waals surface area contributed by atoms with Crippen molar-refractivity contribution in [2.75, 3.05) is 26.2 Å². The molecular formula is C26H56N8O4. The molecule has 0 bridgehead atoms. The van der Waals surface area contributed by atoms with E-state index in [1.165, 1.54) is 0 Å². The van der Waals surface area contributed by atoms with Crippen LogP contribution < -0.4 is 21.3 Å². The molecule has 0 fully saturated rings. The van der Waals surface area contributed by atoms with E-state index in [2.05, 4.69) is 69.6 Å². The zero-order valence-corrected chi connectivity index (χ0v) is 25.7. The highest BCUT2D eigenvalue weighted by molar-refractivity contribution is 5.87. The van der Waals surface area contributed by atoms with Crippen molar-refractivity contribution in [3.8, 4) is 0 Å². The molecule has 0 aliphatic rings. The van der Waals surface area contributed by atoms with Crippen molar-refractivity contribution in [1.82, 2.24) is 21.3 Å². The Morgan fingerprint density at radius 2 is 0.632 bits per heavy atom. The maximum Gasteiger partial charge on any atom is 0.0706 e. The standard InChI is InChI=1S/2C13H28N4O2/c2*1-9(11(3)16-18)14-7-13(5,6)8-15-10(2)12(4)17-19/h2*9-10,14-15,18-19H,7-8H2,1-6H3/b2*16-11+,17-12+/t2*9-,10-/m10/s1. The molecule has 0 aromatic rings. The molecule has 4 atom stereocenters. The maximum atomic E-state index is 8.70. The molecule has 0 radical (unpaired) electrons. The Labute approximate surface area is 230 Å². The largest absolute Gasteiger partial charge is 0.411 e. The van der Waals surface area contributed by atoms with Crippen LogP contribution in [0.15, 0.2) is 20.6 Å². The first-order chi connectivity index (χ1) is 17.5. The van der Waals surface area contributed by atoms with Crippen molar-refractivity contribution < 1.29 is 20.8 Å². The van der Waals surface area contributed by atoms with Crippen LogP contribution in [0.2, 0.25) is 0 Å². The third-order valence-electron chi connectivity index (χ3n) is 6.68. The third kappa shape index (κ3) is 17.3. The number of nitrogens with zero attached hydrogens (tertiary/aromatic N) is 4. The molecular weight excluding hydrogens is 488 g/mol. The molecule has 38 heavy (non-hydrogen) atoms. The van der Waals surface area contributed by atoms with E-state index < -0.39 is 0 Å². The molecule has 12 heteroatoms. The Balaban J connectivity index is 0. The summed E-state index contributed by atoms with van der Waals surface area (Å²) in [6.07, 6.45) is 0. The second kappa shape index (κ2) is 18.9. The Kier molecular flexibility index (Phi) is 18.8. The van der Waals surface area contributed by atoms with Crippen LogP contribution >= 0.6 is 0 Å². The van der Waals surface area contributed by atoms with E-state index in [1.807, 2.05) is 27.7 Å². The number of rotatable bonds is 16. The molecule has 0 saturated heterocycles. The normalized spacial score (nSPS) is 17.4. The quantitative estimate of drug-likeness (QED) is 0.0828. The van der Waals surface area contributed by atoms with Gasteiger partial charge in [-0.3, -0.25) is 0 Å². The molecule has 12 nitrogen and oxygen atoms in total. The Morgan fingerprint density at radius 3 is 0.763 bits per heavy atom. The van der Waals surface area contributed by atoms with Crippen LogP contribution in [0.4, 0.5) is 0 Å². The Morgan fingerprint density at radius 1 is 0.474 bits per heavy atom. The Bertz CT molecular complexity index is 657. The molecule has 0 aromatic carbocycles. The number of oxime groups is 4. The lowest BCUT2D eigenvalue weighted by Gasteiger charge is -2.29. The molecule has 224 valence electrons. The number of hydrogen-bond acceptors (Lipinski definition) is 12. The van der Waals surface area contributed by atoms with Gasteiger partial charge in [0, 0.05) is 50.3 Å². The lowest BCUT2D eigenvalue weighted by molar-refractivity contribution is 0.298. The van der Waals surface area contributed by atoms with Crippen LogP contribution in [0.5, 0.6) is 0 Å². The Hall–Kier alpha value is -2.28. The minimum absolute atomic E-state index is 0.0357. The van der Waals surface area contributed by atoms with E-state index in [9.17, 15) is 0 Å². The summed E-state index contributed by atoms with van der Waals surface area (Å²) in [6.45, 7) is 26.7. The molecule has 0 saturated carbocycles. The van der Waals surface area contributed by atoms with Gasteiger partial charge in [-0.2, -0.15) is 0 Å². The fourth-order valence-corrected chi connectivity index (χ4v) is 2.78. The van der Waals surface area contributed by atoms with Crippen LogP contribution in [-0.4, -0.2) is 94.0 Å². The van der Waals surface area contributed by atoms with Gasteiger partial charge in [-0.1, -0.05) is 48.3 Å². The molecule has 0 spiro atoms. The molecule has 0 aliphatic heterocycles. The zero-order valence-electron chi connectivity index (χ0n) is 25.7. The van der Waals surface area contributed by atoms with Gasteiger partial charge in [0.05, 0.1) is 22.8 Å². The average molecular weight is 545 g/mol. The van der Waals surface area contributed by atoms with Gasteiger partial charge in [-0.15, -0.1) is 0 Å². The van der Waals surface area contributed by atoms with E-state index in [0.29, 0.717) is 22.8 Å². The van der Waals surface area contributed by atoms with Crippen molar-refractivity contribution >= 4 is 22.8 Å². The summed E-state index contributed by atoms with van der Waals surface area (Å²) in [5, 5.41) is 60.9. The van der Waals surface area contributed by atoms with Gasteiger partial charge in [0.15, 0.2) is 0 Å². The van der Waals surface area contributed by atoms with Gasteiger partial charge in [-0.25, -0.2) is 0 Å². The van der Waals surface area contributed by atoms with Gasteiger partial charge in [0.25, 0.3) is 0 Å². The van der Waals surface area contributed by atoms with E-state index in [0.717, 1.165) is 26.2 Å². The molecule has 0 unspecified atom stereocenters. The van der Waals surface area contributed by atoms with E-state index in [1.54, 1.807) is 27.7 Å². The van der Waals surface area contributed by atoms with Gasteiger partial charge in [-0.05, 0) is 66.2 Å². The van der Waals surface area contributed by atoms with E-state index in [4.69, 9.17) is 20.8 Å². The molecule has 0 aromatic heterocycles. The summed E-state index contributed by atoms with van der Waals surface area (Å²) in [7, 11) is 0. The van der Waals surface area contributed by atoms with Crippen molar-refractivity contribution in [1.29, 1.82) is 0 Å². The topological polar surface area (TPSA) is 178 Å². The predicted molar refractivity (Wildman–Crippen MR) is 157 cm³/mol. The van der Waals surface area contributed by atoms with E-state index >= 15 is 0 Å². The fourth-order valence-electron chi connectivity index (χ4n) is 2.78. The van der Waals surface area contributed by atoms with Gasteiger partial charge in [0.2, 0.25) is 0 Å². The fraction of sp³-hybridized carbons (Fsp3) is 0.846. The average Bonchev–Trinajstić information content (AvgIpc) is 2.90.